The summed E-state index contributed by atoms with van der Waals surface area (Å²) < 4.78 is 10.6. The number of hydrogen-bond acceptors (Lipinski definition) is 5. The van der Waals surface area contributed by atoms with Crippen LogP contribution in [0.25, 0.3) is 6.08 Å². The first-order valence-corrected chi connectivity index (χ1v) is 7.99. The number of hydrogen-bond donors (Lipinski definition) is 1. The number of fused-ring (bicyclic) bond motifs is 1. The molecular weight excluding hydrogens is 310 g/mol. The largest absolute Gasteiger partial charge is 0.454 e. The summed E-state index contributed by atoms with van der Waals surface area (Å²) in [7, 11) is 0. The van der Waals surface area contributed by atoms with E-state index in [-0.39, 0.29) is 25.2 Å². The summed E-state index contributed by atoms with van der Waals surface area (Å²) in [4.78, 5) is 27.1. The summed E-state index contributed by atoms with van der Waals surface area (Å²) in [5, 5.41) is 0. The molecule has 2 aliphatic heterocycles. The number of rotatable bonds is 4. The Morgan fingerprint density at radius 1 is 1.12 bits per heavy atom. The molecule has 2 heterocycles. The molecule has 0 atom stereocenters. The van der Waals surface area contributed by atoms with Gasteiger partial charge in [-0.15, -0.1) is 0 Å². The first-order valence-electron chi connectivity index (χ1n) is 7.99. The van der Waals surface area contributed by atoms with Gasteiger partial charge in [0.2, 0.25) is 18.6 Å². The lowest BCUT2D eigenvalue weighted by Crippen LogP contribution is -2.37. The van der Waals surface area contributed by atoms with Crippen LogP contribution in [0.4, 0.5) is 0 Å². The predicted octanol–water partition coefficient (Wildman–Crippen LogP) is 0.448. The van der Waals surface area contributed by atoms with Gasteiger partial charge in [0.05, 0.1) is 6.54 Å². The van der Waals surface area contributed by atoms with E-state index < -0.39 is 0 Å². The zero-order chi connectivity index (χ0) is 16.9. The quantitative estimate of drug-likeness (QED) is 0.810. The summed E-state index contributed by atoms with van der Waals surface area (Å²) >= 11 is 0. The molecule has 1 aromatic carbocycles. The van der Waals surface area contributed by atoms with Crippen LogP contribution < -0.4 is 15.2 Å². The Bertz CT molecular complexity index is 659. The van der Waals surface area contributed by atoms with E-state index in [9.17, 15) is 9.59 Å². The highest BCUT2D eigenvalue weighted by molar-refractivity contribution is 5.92. The van der Waals surface area contributed by atoms with E-state index in [1.54, 1.807) is 17.1 Å². The number of benzene rings is 1. The smallest absolute Gasteiger partial charge is 0.246 e. The minimum absolute atomic E-state index is 0.0337. The number of ether oxygens (including phenoxy) is 2. The Kier molecular flexibility index (Phi) is 5.00. The van der Waals surface area contributed by atoms with Crippen LogP contribution in [0.3, 0.4) is 0 Å². The van der Waals surface area contributed by atoms with Crippen LogP contribution in [0.1, 0.15) is 12.0 Å². The summed E-state index contributed by atoms with van der Waals surface area (Å²) in [6, 6.07) is 5.57. The van der Waals surface area contributed by atoms with E-state index in [0.717, 1.165) is 24.3 Å². The van der Waals surface area contributed by atoms with Crippen LogP contribution in [0.2, 0.25) is 0 Å². The van der Waals surface area contributed by atoms with Gasteiger partial charge < -0.3 is 20.1 Å². The Hall–Kier alpha value is -2.54. The van der Waals surface area contributed by atoms with E-state index >= 15 is 0 Å². The van der Waals surface area contributed by atoms with Gasteiger partial charge in [0.15, 0.2) is 11.5 Å². The molecule has 1 saturated heterocycles. The maximum atomic E-state index is 12.4. The lowest BCUT2D eigenvalue weighted by Gasteiger charge is -2.19. The molecule has 3 rings (SSSR count). The molecule has 2 N–H and O–H groups in total. The monoisotopic (exact) mass is 331 g/mol. The van der Waals surface area contributed by atoms with Gasteiger partial charge in [-0.05, 0) is 30.2 Å². The van der Waals surface area contributed by atoms with Crippen molar-refractivity contribution in [2.24, 2.45) is 5.73 Å². The highest BCUT2D eigenvalue weighted by Crippen LogP contribution is 2.32. The van der Waals surface area contributed by atoms with Gasteiger partial charge in [-0.25, -0.2) is 0 Å². The summed E-state index contributed by atoms with van der Waals surface area (Å²) in [5.74, 6) is 1.05. The third-order valence-electron chi connectivity index (χ3n) is 4.09. The Morgan fingerprint density at radius 3 is 2.79 bits per heavy atom. The Labute approximate surface area is 140 Å². The van der Waals surface area contributed by atoms with Crippen molar-refractivity contribution in [2.45, 2.75) is 6.42 Å². The average Bonchev–Trinajstić information content (AvgIpc) is 2.90. The third kappa shape index (κ3) is 4.05. The molecule has 2 amide bonds. The zero-order valence-corrected chi connectivity index (χ0v) is 13.4. The molecule has 0 saturated carbocycles. The van der Waals surface area contributed by atoms with E-state index in [4.69, 9.17) is 15.2 Å². The van der Waals surface area contributed by atoms with Crippen LogP contribution in [0.5, 0.6) is 11.5 Å². The van der Waals surface area contributed by atoms with Gasteiger partial charge in [0, 0.05) is 32.3 Å². The fourth-order valence-electron chi connectivity index (χ4n) is 2.86. The first kappa shape index (κ1) is 16.3. The highest BCUT2D eigenvalue weighted by atomic mass is 16.7. The lowest BCUT2D eigenvalue weighted by molar-refractivity contribution is -0.125. The second kappa shape index (κ2) is 7.35. The topological polar surface area (TPSA) is 85.1 Å². The number of primary amides is 1. The summed E-state index contributed by atoms with van der Waals surface area (Å²) in [6.45, 7) is 3.19. The molecule has 7 nitrogen and oxygen atoms in total. The second-order valence-corrected chi connectivity index (χ2v) is 5.87. The van der Waals surface area contributed by atoms with E-state index in [2.05, 4.69) is 0 Å². The van der Waals surface area contributed by atoms with Gasteiger partial charge in [-0.3, -0.25) is 14.5 Å². The van der Waals surface area contributed by atoms with Gasteiger partial charge in [-0.2, -0.15) is 0 Å². The van der Waals surface area contributed by atoms with Crippen molar-refractivity contribution < 1.29 is 19.1 Å². The predicted molar refractivity (Wildman–Crippen MR) is 88.4 cm³/mol. The van der Waals surface area contributed by atoms with E-state index in [1.807, 2.05) is 23.1 Å². The van der Waals surface area contributed by atoms with E-state index in [1.165, 1.54) is 0 Å². The SMILES string of the molecule is NC(=O)CN1CCCN(C(=O)/C=C\c2ccc3c(c2)OCO3)CC1. The van der Waals surface area contributed by atoms with Crippen LogP contribution in [-0.4, -0.2) is 61.1 Å². The van der Waals surface area contributed by atoms with Gasteiger partial charge in [0.1, 0.15) is 0 Å². The highest BCUT2D eigenvalue weighted by Gasteiger charge is 2.18. The van der Waals surface area contributed by atoms with Crippen molar-refractivity contribution in [3.05, 3.63) is 29.8 Å². The van der Waals surface area contributed by atoms with Crippen LogP contribution in [-0.2, 0) is 9.59 Å². The molecule has 0 aliphatic carbocycles. The summed E-state index contributed by atoms with van der Waals surface area (Å²) in [6.07, 6.45) is 4.18. The molecule has 1 aromatic rings. The van der Waals surface area contributed by atoms with Gasteiger partial charge in [0.25, 0.3) is 0 Å². The molecule has 0 radical (unpaired) electrons. The molecule has 24 heavy (non-hydrogen) atoms. The molecule has 0 aromatic heterocycles. The lowest BCUT2D eigenvalue weighted by atomic mass is 10.2. The van der Waals surface area contributed by atoms with Crippen molar-refractivity contribution >= 4 is 17.9 Å². The van der Waals surface area contributed by atoms with Crippen molar-refractivity contribution in [3.63, 3.8) is 0 Å². The molecule has 128 valence electrons. The minimum Gasteiger partial charge on any atom is -0.454 e. The molecular formula is C17H21N3O4. The van der Waals surface area contributed by atoms with Crippen LogP contribution >= 0.6 is 0 Å². The molecule has 0 unspecified atom stereocenters. The number of nitrogens with two attached hydrogens (primary N) is 1. The van der Waals surface area contributed by atoms with Crippen LogP contribution in [0, 0.1) is 0 Å². The minimum atomic E-state index is -0.336. The van der Waals surface area contributed by atoms with Crippen LogP contribution in [0.15, 0.2) is 24.3 Å². The standard InChI is InChI=1S/C17H21N3O4/c18-16(21)11-19-6-1-7-20(9-8-19)17(22)5-3-13-2-4-14-15(10-13)24-12-23-14/h2-5,10H,1,6-9,11-12H2,(H2,18,21)/b5-3-. The Morgan fingerprint density at radius 2 is 1.96 bits per heavy atom. The number of carbonyl (C=O) groups excluding carboxylic acids is 2. The molecule has 2 aliphatic rings. The summed E-state index contributed by atoms with van der Waals surface area (Å²) in [5.41, 5.74) is 6.11. The molecule has 1 fully saturated rings. The molecule has 0 bridgehead atoms. The number of amides is 2. The fourth-order valence-corrected chi connectivity index (χ4v) is 2.86. The second-order valence-electron chi connectivity index (χ2n) is 5.87. The zero-order valence-electron chi connectivity index (χ0n) is 13.4. The molecule has 7 heteroatoms. The van der Waals surface area contributed by atoms with Crippen molar-refractivity contribution in [3.8, 4) is 11.5 Å². The fraction of sp³-hybridized carbons (Fsp3) is 0.412. The first-order chi connectivity index (χ1) is 11.6. The van der Waals surface area contributed by atoms with Crippen molar-refractivity contribution in [2.75, 3.05) is 39.5 Å². The van der Waals surface area contributed by atoms with Gasteiger partial charge in [-0.1, -0.05) is 6.07 Å². The Balaban J connectivity index is 1.57. The van der Waals surface area contributed by atoms with Crippen molar-refractivity contribution in [1.82, 2.24) is 9.80 Å². The average molecular weight is 331 g/mol. The number of nitrogens with zero attached hydrogens (tertiary/aromatic N) is 2. The maximum Gasteiger partial charge on any atom is 0.246 e. The number of carbonyl (C=O) groups is 2. The van der Waals surface area contributed by atoms with E-state index in [0.29, 0.717) is 25.4 Å². The maximum absolute atomic E-state index is 12.4. The van der Waals surface area contributed by atoms with Crippen molar-refractivity contribution in [1.29, 1.82) is 0 Å². The normalized spacial score (nSPS) is 17.9. The third-order valence-corrected chi connectivity index (χ3v) is 4.09. The molecule has 0 spiro atoms. The van der Waals surface area contributed by atoms with Gasteiger partial charge >= 0.3 is 0 Å².